The van der Waals surface area contributed by atoms with Crippen molar-refractivity contribution in [2.45, 2.75) is 38.8 Å². The summed E-state index contributed by atoms with van der Waals surface area (Å²) in [4.78, 5) is 13.9. The Morgan fingerprint density at radius 3 is 2.81 bits per heavy atom. The number of rotatable bonds is 6. The molecule has 0 amide bonds. The zero-order valence-electron chi connectivity index (χ0n) is 13.5. The van der Waals surface area contributed by atoms with Gasteiger partial charge in [0.2, 0.25) is 5.95 Å². The van der Waals surface area contributed by atoms with E-state index in [-0.39, 0.29) is 0 Å². The fraction of sp³-hybridized carbons (Fsp3) is 0.750. The van der Waals surface area contributed by atoms with Crippen LogP contribution in [0.15, 0.2) is 6.20 Å². The number of aryl methyl sites for hydroxylation is 1. The molecule has 116 valence electrons. The van der Waals surface area contributed by atoms with Gasteiger partial charge in [0, 0.05) is 50.2 Å². The Bertz CT molecular complexity index is 486. The van der Waals surface area contributed by atoms with E-state index in [4.69, 9.17) is 4.98 Å². The quantitative estimate of drug-likeness (QED) is 0.858. The highest BCUT2D eigenvalue weighted by Gasteiger charge is 2.22. The first-order chi connectivity index (χ1) is 10.1. The van der Waals surface area contributed by atoms with E-state index in [1.165, 1.54) is 37.9 Å². The highest BCUT2D eigenvalue weighted by Crippen LogP contribution is 2.20. The Kier molecular flexibility index (Phi) is 4.40. The van der Waals surface area contributed by atoms with Gasteiger partial charge in [-0.15, -0.1) is 0 Å². The summed E-state index contributed by atoms with van der Waals surface area (Å²) in [5, 5.41) is 3.53. The second-order valence-electron chi connectivity index (χ2n) is 6.73. The molecule has 1 saturated carbocycles. The number of hydrogen-bond donors (Lipinski definition) is 1. The van der Waals surface area contributed by atoms with Crippen molar-refractivity contribution < 1.29 is 0 Å². The average molecular weight is 289 g/mol. The zero-order chi connectivity index (χ0) is 14.8. The molecule has 1 aromatic rings. The van der Waals surface area contributed by atoms with E-state index in [9.17, 15) is 0 Å². The van der Waals surface area contributed by atoms with Crippen molar-refractivity contribution in [3.8, 4) is 0 Å². The van der Waals surface area contributed by atoms with Gasteiger partial charge < -0.3 is 15.1 Å². The molecule has 1 atom stereocenters. The van der Waals surface area contributed by atoms with Gasteiger partial charge in [0.05, 0.1) is 0 Å². The Hall–Kier alpha value is -1.20. The van der Waals surface area contributed by atoms with E-state index >= 15 is 0 Å². The third kappa shape index (κ3) is 3.92. The molecule has 1 aliphatic heterocycles. The van der Waals surface area contributed by atoms with Crippen molar-refractivity contribution in [3.63, 3.8) is 0 Å². The minimum Gasteiger partial charge on any atom is -0.344 e. The van der Waals surface area contributed by atoms with E-state index in [1.54, 1.807) is 0 Å². The summed E-state index contributed by atoms with van der Waals surface area (Å²) in [5.74, 6) is 1.59. The third-order valence-electron chi connectivity index (χ3n) is 4.59. The average Bonchev–Trinajstić information content (AvgIpc) is 3.20. The lowest BCUT2D eigenvalue weighted by molar-refractivity contribution is 0.395. The molecule has 1 N–H and O–H groups in total. The van der Waals surface area contributed by atoms with Crippen LogP contribution in [0.1, 0.15) is 30.5 Å². The number of aromatic nitrogens is 2. The minimum absolute atomic E-state index is 0.728. The maximum atomic E-state index is 4.69. The van der Waals surface area contributed by atoms with Crippen LogP contribution in [0, 0.1) is 12.8 Å². The summed E-state index contributed by atoms with van der Waals surface area (Å²) >= 11 is 0. The maximum Gasteiger partial charge on any atom is 0.225 e. The van der Waals surface area contributed by atoms with Gasteiger partial charge in [-0.25, -0.2) is 9.97 Å². The molecule has 5 nitrogen and oxygen atoms in total. The van der Waals surface area contributed by atoms with Crippen LogP contribution in [0.4, 0.5) is 5.95 Å². The zero-order valence-corrected chi connectivity index (χ0v) is 13.5. The second-order valence-corrected chi connectivity index (χ2v) is 6.73. The molecule has 0 bridgehead atoms. The van der Waals surface area contributed by atoms with Gasteiger partial charge in [0.15, 0.2) is 0 Å². The van der Waals surface area contributed by atoms with Crippen LogP contribution < -0.4 is 10.2 Å². The largest absolute Gasteiger partial charge is 0.344 e. The predicted molar refractivity (Wildman–Crippen MR) is 85.5 cm³/mol. The van der Waals surface area contributed by atoms with Gasteiger partial charge in [-0.2, -0.15) is 0 Å². The number of nitrogens with zero attached hydrogens (tertiary/aromatic N) is 4. The van der Waals surface area contributed by atoms with Gasteiger partial charge in [0.25, 0.3) is 0 Å². The molecular weight excluding hydrogens is 262 g/mol. The number of nitrogens with one attached hydrogen (secondary N) is 1. The topological polar surface area (TPSA) is 44.3 Å². The van der Waals surface area contributed by atoms with E-state index in [2.05, 4.69) is 41.1 Å². The Balaban J connectivity index is 1.57. The van der Waals surface area contributed by atoms with Crippen molar-refractivity contribution in [1.29, 1.82) is 0 Å². The minimum atomic E-state index is 0.728. The molecule has 2 aliphatic rings. The molecule has 1 aliphatic carbocycles. The van der Waals surface area contributed by atoms with Gasteiger partial charge >= 0.3 is 0 Å². The van der Waals surface area contributed by atoms with Gasteiger partial charge in [-0.1, -0.05) is 0 Å². The molecule has 1 unspecified atom stereocenters. The van der Waals surface area contributed by atoms with Crippen molar-refractivity contribution in [1.82, 2.24) is 20.2 Å². The van der Waals surface area contributed by atoms with Crippen molar-refractivity contribution >= 4 is 5.95 Å². The van der Waals surface area contributed by atoms with Crippen molar-refractivity contribution in [2.24, 2.45) is 5.92 Å². The first kappa shape index (κ1) is 14.7. The number of anilines is 1. The predicted octanol–water partition coefficient (Wildman–Crippen LogP) is 1.42. The Morgan fingerprint density at radius 2 is 2.19 bits per heavy atom. The van der Waals surface area contributed by atoms with E-state index < -0.39 is 0 Å². The van der Waals surface area contributed by atoms with E-state index in [1.807, 2.05) is 6.20 Å². The lowest BCUT2D eigenvalue weighted by Crippen LogP contribution is -2.29. The monoisotopic (exact) mass is 289 g/mol. The summed E-state index contributed by atoms with van der Waals surface area (Å²) in [6, 6.07) is 0.728. The molecule has 0 radical (unpaired) electrons. The fourth-order valence-corrected chi connectivity index (χ4v) is 3.02. The summed E-state index contributed by atoms with van der Waals surface area (Å²) in [6.07, 6.45) is 5.90. The third-order valence-corrected chi connectivity index (χ3v) is 4.59. The van der Waals surface area contributed by atoms with E-state index in [0.717, 1.165) is 36.7 Å². The molecule has 1 aromatic heterocycles. The smallest absolute Gasteiger partial charge is 0.225 e. The highest BCUT2D eigenvalue weighted by molar-refractivity contribution is 5.32. The molecule has 1 saturated heterocycles. The first-order valence-electron chi connectivity index (χ1n) is 8.07. The number of hydrogen-bond acceptors (Lipinski definition) is 5. The van der Waals surface area contributed by atoms with E-state index in [0.29, 0.717) is 0 Å². The Morgan fingerprint density at radius 1 is 1.38 bits per heavy atom. The summed E-state index contributed by atoms with van der Waals surface area (Å²) < 4.78 is 0. The summed E-state index contributed by atoms with van der Waals surface area (Å²) in [5.41, 5.74) is 2.32. The molecule has 2 heterocycles. The summed E-state index contributed by atoms with van der Waals surface area (Å²) in [7, 11) is 4.30. The molecule has 3 rings (SSSR count). The van der Waals surface area contributed by atoms with Gasteiger partial charge in [0.1, 0.15) is 0 Å². The van der Waals surface area contributed by atoms with Crippen LogP contribution in [-0.4, -0.2) is 54.6 Å². The lowest BCUT2D eigenvalue weighted by Gasteiger charge is -2.21. The molecule has 0 spiro atoms. The number of likely N-dealkylation sites (tertiary alicyclic amines) is 1. The van der Waals surface area contributed by atoms with Crippen LogP contribution in [0.5, 0.6) is 0 Å². The van der Waals surface area contributed by atoms with Crippen LogP contribution in [0.3, 0.4) is 0 Å². The van der Waals surface area contributed by atoms with Crippen molar-refractivity contribution in [3.05, 3.63) is 17.5 Å². The SMILES string of the molecule is Cc1nc(N(C)CC2CCN(C)C2)ncc1CNC1CC1. The van der Waals surface area contributed by atoms with Crippen molar-refractivity contribution in [2.75, 3.05) is 38.6 Å². The molecule has 0 aromatic carbocycles. The van der Waals surface area contributed by atoms with Crippen LogP contribution >= 0.6 is 0 Å². The molecule has 2 fully saturated rings. The maximum absolute atomic E-state index is 4.69. The normalized spacial score (nSPS) is 22.7. The molecule has 21 heavy (non-hydrogen) atoms. The van der Waals surface area contributed by atoms with Crippen LogP contribution in [-0.2, 0) is 6.54 Å². The standard InChI is InChI=1S/C16H27N5/c1-12-14(8-17-15-4-5-15)9-18-16(19-12)21(3)11-13-6-7-20(2)10-13/h9,13,15,17H,4-8,10-11H2,1-3H3. The highest BCUT2D eigenvalue weighted by atomic mass is 15.2. The lowest BCUT2D eigenvalue weighted by atomic mass is 10.1. The first-order valence-corrected chi connectivity index (χ1v) is 8.07. The molecule has 5 heteroatoms. The van der Waals surface area contributed by atoms with Gasteiger partial charge in [-0.05, 0) is 45.7 Å². The second kappa shape index (κ2) is 6.28. The van der Waals surface area contributed by atoms with Gasteiger partial charge in [-0.3, -0.25) is 0 Å². The molecular formula is C16H27N5. The fourth-order valence-electron chi connectivity index (χ4n) is 3.02. The Labute approximate surface area is 127 Å². The van der Waals surface area contributed by atoms with Crippen LogP contribution in [0.2, 0.25) is 0 Å². The van der Waals surface area contributed by atoms with Crippen LogP contribution in [0.25, 0.3) is 0 Å². The summed E-state index contributed by atoms with van der Waals surface area (Å²) in [6.45, 7) is 6.43.